The number of anilines is 1. The lowest BCUT2D eigenvalue weighted by Crippen LogP contribution is -3.00. The second-order valence-electron chi connectivity index (χ2n) is 12.5. The summed E-state index contributed by atoms with van der Waals surface area (Å²) < 4.78 is 8.44. The van der Waals surface area contributed by atoms with E-state index in [0.717, 1.165) is 24.2 Å². The molecule has 0 aliphatic rings. The van der Waals surface area contributed by atoms with Crippen LogP contribution in [0.5, 0.6) is 5.75 Å². The molecule has 1 amide bonds. The summed E-state index contributed by atoms with van der Waals surface area (Å²) in [5, 5.41) is 3.11. The third-order valence-electron chi connectivity index (χ3n) is 7.62. The number of hydrogen-bond acceptors (Lipinski definition) is 3. The highest BCUT2D eigenvalue weighted by molar-refractivity contribution is 7.09. The molecule has 0 spiro atoms. The number of aryl methyl sites for hydroxylation is 1. The molecule has 0 aliphatic heterocycles. The van der Waals surface area contributed by atoms with Crippen LogP contribution in [0.3, 0.4) is 0 Å². The van der Waals surface area contributed by atoms with Crippen molar-refractivity contribution in [1.82, 2.24) is 0 Å². The Balaban J connectivity index is 0.00000616. The molecule has 2 aromatic carbocycles. The van der Waals surface area contributed by atoms with Gasteiger partial charge in [0.15, 0.2) is 12.7 Å². The van der Waals surface area contributed by atoms with Crippen molar-refractivity contribution in [3.8, 4) is 5.75 Å². The van der Waals surface area contributed by atoms with Gasteiger partial charge >= 0.3 is 0 Å². The van der Waals surface area contributed by atoms with Gasteiger partial charge < -0.3 is 27.0 Å². The van der Waals surface area contributed by atoms with Crippen LogP contribution in [0.15, 0.2) is 54.2 Å². The first kappa shape index (κ1) is 36.0. The zero-order valence-corrected chi connectivity index (χ0v) is 29.0. The zero-order chi connectivity index (χ0) is 29.5. The van der Waals surface area contributed by atoms with Crippen LogP contribution in [-0.2, 0) is 12.0 Å². The highest BCUT2D eigenvalue weighted by Crippen LogP contribution is 2.30. The Morgan fingerprint density at radius 2 is 1.52 bits per heavy atom. The van der Waals surface area contributed by atoms with Gasteiger partial charge in [0.1, 0.15) is 5.75 Å². The maximum absolute atomic E-state index is 13.4. The van der Waals surface area contributed by atoms with Crippen molar-refractivity contribution in [1.29, 1.82) is 0 Å². The Morgan fingerprint density at radius 1 is 0.881 bits per heavy atom. The molecule has 0 aliphatic carbocycles. The van der Waals surface area contributed by atoms with E-state index in [1.54, 1.807) is 11.3 Å². The Bertz CT molecular complexity index is 1200. The van der Waals surface area contributed by atoms with Crippen LogP contribution in [0.1, 0.15) is 131 Å². The van der Waals surface area contributed by atoms with E-state index in [2.05, 4.69) is 80.5 Å². The summed E-state index contributed by atoms with van der Waals surface area (Å²) in [6, 6.07) is 14.1. The van der Waals surface area contributed by atoms with Crippen molar-refractivity contribution < 1.29 is 31.1 Å². The highest BCUT2D eigenvalue weighted by atomic mass is 79.9. The SMILES string of the molecule is CCCCCCCCCCCCCCOc1cc(C(C)(C)C)ccc1C(=O)Nc1cccc(C[n+]2csc(C)c2)c1.[Br-]. The summed E-state index contributed by atoms with van der Waals surface area (Å²) >= 11 is 1.74. The van der Waals surface area contributed by atoms with E-state index < -0.39 is 0 Å². The molecule has 0 saturated carbocycles. The van der Waals surface area contributed by atoms with Crippen LogP contribution < -0.4 is 31.6 Å². The number of nitrogens with one attached hydrogen (secondary N) is 1. The first-order valence-corrected chi connectivity index (χ1v) is 16.8. The van der Waals surface area contributed by atoms with Crippen LogP contribution in [0, 0.1) is 6.92 Å². The molecule has 3 aromatic rings. The number of nitrogens with zero attached hydrogens (tertiary/aromatic N) is 1. The number of rotatable bonds is 18. The van der Waals surface area contributed by atoms with Crippen LogP contribution in [0.2, 0.25) is 0 Å². The largest absolute Gasteiger partial charge is 1.00 e. The van der Waals surface area contributed by atoms with E-state index in [0.29, 0.717) is 17.9 Å². The number of aromatic nitrogens is 1. The van der Waals surface area contributed by atoms with Gasteiger partial charge in [-0.05, 0) is 48.6 Å². The van der Waals surface area contributed by atoms with E-state index in [4.69, 9.17) is 4.74 Å². The maximum Gasteiger partial charge on any atom is 0.259 e. The standard InChI is InChI=1S/C36H52N2O2S.BrH/c1-6-7-8-9-10-11-12-13-14-15-16-17-23-40-34-25-31(36(3,4)5)21-22-33(34)35(39)37-32-20-18-19-30(24-32)27-38-26-29(2)41-28-38;/h18-22,24-26,28H,6-17,23,27H2,1-5H3;1H. The van der Waals surface area contributed by atoms with Crippen LogP contribution in [0.4, 0.5) is 5.69 Å². The second kappa shape index (κ2) is 19.2. The molecule has 1 N–H and O–H groups in total. The number of ether oxygens (including phenoxy) is 1. The Labute approximate surface area is 270 Å². The van der Waals surface area contributed by atoms with Crippen molar-refractivity contribution in [3.63, 3.8) is 0 Å². The van der Waals surface area contributed by atoms with Gasteiger partial charge in [0.05, 0.1) is 17.0 Å². The van der Waals surface area contributed by atoms with Gasteiger partial charge in [-0.25, -0.2) is 0 Å². The summed E-state index contributed by atoms with van der Waals surface area (Å²) in [7, 11) is 0. The molecule has 0 radical (unpaired) electrons. The number of thiazole rings is 1. The lowest BCUT2D eigenvalue weighted by Gasteiger charge is -2.21. The van der Waals surface area contributed by atoms with Gasteiger partial charge in [0.25, 0.3) is 5.91 Å². The summed E-state index contributed by atoms with van der Waals surface area (Å²) in [5.74, 6) is 0.546. The fraction of sp³-hybridized carbons (Fsp3) is 0.556. The molecule has 3 rings (SSSR count). The van der Waals surface area contributed by atoms with Crippen LogP contribution >= 0.6 is 11.3 Å². The summed E-state index contributed by atoms with van der Waals surface area (Å²) in [4.78, 5) is 14.7. The minimum atomic E-state index is -0.133. The van der Waals surface area contributed by atoms with Gasteiger partial charge in [0, 0.05) is 11.3 Å². The number of halogens is 1. The number of carbonyl (C=O) groups is 1. The molecule has 1 heterocycles. The van der Waals surface area contributed by atoms with Gasteiger partial charge in [-0.1, -0.05) is 128 Å². The average molecular weight is 658 g/mol. The van der Waals surface area contributed by atoms with Gasteiger partial charge in [-0.15, -0.1) is 0 Å². The molecule has 0 unspecified atom stereocenters. The predicted molar refractivity (Wildman–Crippen MR) is 174 cm³/mol. The number of hydrogen-bond donors (Lipinski definition) is 1. The average Bonchev–Trinajstić information content (AvgIpc) is 3.35. The van der Waals surface area contributed by atoms with Crippen LogP contribution in [-0.4, -0.2) is 12.5 Å². The first-order chi connectivity index (χ1) is 19.8. The van der Waals surface area contributed by atoms with Crippen LogP contribution in [0.25, 0.3) is 0 Å². The van der Waals surface area contributed by atoms with Gasteiger partial charge in [-0.3, -0.25) is 4.79 Å². The van der Waals surface area contributed by atoms with Crippen molar-refractivity contribution in [2.45, 2.75) is 124 Å². The molecule has 232 valence electrons. The molecule has 42 heavy (non-hydrogen) atoms. The zero-order valence-electron chi connectivity index (χ0n) is 26.6. The molecular formula is C36H53BrN2O2S. The molecule has 0 saturated heterocycles. The fourth-order valence-corrected chi connectivity index (χ4v) is 5.74. The smallest absolute Gasteiger partial charge is 0.259 e. The lowest BCUT2D eigenvalue weighted by molar-refractivity contribution is -0.683. The van der Waals surface area contributed by atoms with E-state index in [1.807, 2.05) is 18.2 Å². The van der Waals surface area contributed by atoms with Crippen molar-refractivity contribution in [3.05, 3.63) is 75.7 Å². The van der Waals surface area contributed by atoms with Crippen molar-refractivity contribution >= 4 is 22.9 Å². The normalized spacial score (nSPS) is 11.3. The third-order valence-corrected chi connectivity index (χ3v) is 8.47. The van der Waals surface area contributed by atoms with E-state index in [1.165, 1.54) is 81.1 Å². The molecular weight excluding hydrogens is 604 g/mol. The summed E-state index contributed by atoms with van der Waals surface area (Å²) in [5.41, 5.74) is 5.81. The Morgan fingerprint density at radius 3 is 2.12 bits per heavy atom. The Hall–Kier alpha value is -2.18. The minimum Gasteiger partial charge on any atom is -1.00 e. The highest BCUT2D eigenvalue weighted by Gasteiger charge is 2.20. The molecule has 0 atom stereocenters. The van der Waals surface area contributed by atoms with E-state index >= 15 is 0 Å². The molecule has 0 bridgehead atoms. The first-order valence-electron chi connectivity index (χ1n) is 15.9. The Kier molecular flexibility index (Phi) is 16.4. The third kappa shape index (κ3) is 13.0. The van der Waals surface area contributed by atoms with E-state index in [-0.39, 0.29) is 28.3 Å². The lowest BCUT2D eigenvalue weighted by atomic mass is 9.86. The maximum atomic E-state index is 13.4. The second-order valence-corrected chi connectivity index (χ2v) is 13.6. The summed E-state index contributed by atoms with van der Waals surface area (Å²) in [6.07, 6.45) is 17.9. The van der Waals surface area contributed by atoms with E-state index in [9.17, 15) is 4.79 Å². The predicted octanol–water partition coefficient (Wildman–Crippen LogP) is 7.03. The van der Waals surface area contributed by atoms with Crippen molar-refractivity contribution in [2.75, 3.05) is 11.9 Å². The van der Waals surface area contributed by atoms with Gasteiger partial charge in [0.2, 0.25) is 5.51 Å². The fourth-order valence-electron chi connectivity index (χ4n) is 5.11. The number of benzene rings is 2. The molecule has 6 heteroatoms. The molecule has 4 nitrogen and oxygen atoms in total. The number of amides is 1. The van der Waals surface area contributed by atoms with Gasteiger partial charge in [-0.2, -0.15) is 4.57 Å². The quantitative estimate of drug-likeness (QED) is 0.118. The summed E-state index contributed by atoms with van der Waals surface area (Å²) in [6.45, 7) is 12.4. The number of carbonyl (C=O) groups excluding carboxylic acids is 1. The topological polar surface area (TPSA) is 42.2 Å². The minimum absolute atomic E-state index is 0. The molecule has 0 fully saturated rings. The number of unbranched alkanes of at least 4 members (excludes halogenated alkanes) is 11. The molecule has 1 aromatic heterocycles. The van der Waals surface area contributed by atoms with Crippen molar-refractivity contribution in [2.24, 2.45) is 0 Å². The monoisotopic (exact) mass is 656 g/mol.